The molecule has 1 unspecified atom stereocenters. The highest BCUT2D eigenvalue weighted by atomic mass is 15.2. The maximum absolute atomic E-state index is 4.70. The second kappa shape index (κ2) is 6.17. The third-order valence-corrected chi connectivity index (χ3v) is 4.99. The fourth-order valence-electron chi connectivity index (χ4n) is 3.72. The second-order valence-electron chi connectivity index (χ2n) is 6.56. The third-order valence-electron chi connectivity index (χ3n) is 4.99. The van der Waals surface area contributed by atoms with Crippen LogP contribution in [0.4, 0.5) is 5.95 Å². The molecule has 1 aromatic heterocycles. The van der Waals surface area contributed by atoms with E-state index in [0.717, 1.165) is 18.2 Å². The quantitative estimate of drug-likeness (QED) is 0.916. The molecule has 0 radical (unpaired) electrons. The second-order valence-corrected chi connectivity index (χ2v) is 6.56. The number of hydrogen-bond acceptors (Lipinski definition) is 3. The van der Waals surface area contributed by atoms with Gasteiger partial charge in [0.2, 0.25) is 5.95 Å². The monoisotopic (exact) mass is 276 g/mol. The van der Waals surface area contributed by atoms with Crippen LogP contribution in [-0.2, 0) is 0 Å². The van der Waals surface area contributed by atoms with Gasteiger partial charge in [0.15, 0.2) is 0 Å². The molecule has 2 heterocycles. The van der Waals surface area contributed by atoms with Gasteiger partial charge in [-0.15, -0.1) is 0 Å². The first-order valence-electron chi connectivity index (χ1n) is 8.23. The first kappa shape index (κ1) is 13.9. The summed E-state index contributed by atoms with van der Waals surface area (Å²) in [7, 11) is 2.25. The summed E-state index contributed by atoms with van der Waals surface area (Å²) in [5.41, 5.74) is 1.14. The predicted octanol–water partition coefficient (Wildman–Crippen LogP) is 3.20. The molecule has 1 aromatic rings. The van der Waals surface area contributed by atoms with E-state index < -0.39 is 0 Å². The average Bonchev–Trinajstić information content (AvgIpc) is 3.07. The van der Waals surface area contributed by atoms with Gasteiger partial charge in [-0.1, -0.05) is 19.3 Å². The van der Waals surface area contributed by atoms with E-state index in [4.69, 9.17) is 4.98 Å². The molecule has 2 aliphatic rings. The number of likely N-dealkylation sites (tertiary alicyclic amines) is 1. The van der Waals surface area contributed by atoms with Crippen LogP contribution in [0.15, 0.2) is 6.20 Å². The first-order valence-corrected chi connectivity index (χ1v) is 8.23. The van der Waals surface area contributed by atoms with Crippen molar-refractivity contribution in [1.82, 2.24) is 14.5 Å². The van der Waals surface area contributed by atoms with Gasteiger partial charge in [-0.05, 0) is 46.2 Å². The Bertz CT molecular complexity index is 434. The molecule has 0 aromatic carbocycles. The van der Waals surface area contributed by atoms with Crippen molar-refractivity contribution >= 4 is 5.95 Å². The van der Waals surface area contributed by atoms with Gasteiger partial charge in [-0.25, -0.2) is 4.98 Å². The van der Waals surface area contributed by atoms with Crippen LogP contribution in [-0.4, -0.2) is 40.6 Å². The Hall–Kier alpha value is -1.03. The Kier molecular flexibility index (Phi) is 4.29. The third kappa shape index (κ3) is 3.00. The van der Waals surface area contributed by atoms with Crippen LogP contribution in [0.25, 0.3) is 0 Å². The standard InChI is InChI=1S/C16H28N4/c1-13-12-20(14-7-3-4-8-14)16(18-13)17-11-15-9-5-6-10-19(15)2/h12,14-15H,3-11H2,1-2H3,(H,17,18). The summed E-state index contributed by atoms with van der Waals surface area (Å²) in [5.74, 6) is 1.09. The van der Waals surface area contributed by atoms with Crippen LogP contribution in [0.1, 0.15) is 56.7 Å². The van der Waals surface area contributed by atoms with Crippen LogP contribution in [0.5, 0.6) is 0 Å². The topological polar surface area (TPSA) is 33.1 Å². The number of hydrogen-bond donors (Lipinski definition) is 1. The Morgan fingerprint density at radius 3 is 2.70 bits per heavy atom. The van der Waals surface area contributed by atoms with Crippen molar-refractivity contribution in [2.75, 3.05) is 25.5 Å². The molecule has 4 nitrogen and oxygen atoms in total. The average molecular weight is 276 g/mol. The largest absolute Gasteiger partial charge is 0.354 e. The maximum atomic E-state index is 4.70. The minimum absolute atomic E-state index is 0.665. The molecule has 1 N–H and O–H groups in total. The van der Waals surface area contributed by atoms with Gasteiger partial charge in [-0.2, -0.15) is 0 Å². The van der Waals surface area contributed by atoms with Crippen molar-refractivity contribution < 1.29 is 0 Å². The Labute approximate surface area is 122 Å². The van der Waals surface area contributed by atoms with E-state index in [1.807, 2.05) is 0 Å². The molecule has 1 aliphatic carbocycles. The van der Waals surface area contributed by atoms with Crippen molar-refractivity contribution in [2.45, 2.75) is 64.0 Å². The van der Waals surface area contributed by atoms with Crippen LogP contribution < -0.4 is 5.32 Å². The van der Waals surface area contributed by atoms with E-state index in [2.05, 4.69) is 35.0 Å². The van der Waals surface area contributed by atoms with Gasteiger partial charge in [-0.3, -0.25) is 0 Å². The number of piperidine rings is 1. The molecule has 1 aliphatic heterocycles. The zero-order valence-corrected chi connectivity index (χ0v) is 12.9. The predicted molar refractivity (Wildman–Crippen MR) is 83.2 cm³/mol. The fourth-order valence-corrected chi connectivity index (χ4v) is 3.72. The summed E-state index contributed by atoms with van der Waals surface area (Å²) in [6.07, 6.45) is 11.6. The summed E-state index contributed by atoms with van der Waals surface area (Å²) < 4.78 is 2.39. The van der Waals surface area contributed by atoms with Crippen molar-refractivity contribution in [3.63, 3.8) is 0 Å². The molecule has 0 spiro atoms. The Balaban J connectivity index is 1.64. The SMILES string of the molecule is Cc1cn(C2CCCC2)c(NCC2CCCCN2C)n1. The molecule has 1 saturated heterocycles. The molecule has 1 saturated carbocycles. The van der Waals surface area contributed by atoms with Gasteiger partial charge in [0.1, 0.15) is 0 Å². The van der Waals surface area contributed by atoms with E-state index >= 15 is 0 Å². The molecular weight excluding hydrogens is 248 g/mol. The lowest BCUT2D eigenvalue weighted by Crippen LogP contribution is -2.41. The van der Waals surface area contributed by atoms with Crippen molar-refractivity contribution in [3.8, 4) is 0 Å². The van der Waals surface area contributed by atoms with Gasteiger partial charge in [0.05, 0.1) is 5.69 Å². The molecular formula is C16H28N4. The lowest BCUT2D eigenvalue weighted by atomic mass is 10.0. The number of nitrogens with zero attached hydrogens (tertiary/aromatic N) is 3. The molecule has 20 heavy (non-hydrogen) atoms. The van der Waals surface area contributed by atoms with E-state index in [1.54, 1.807) is 0 Å². The van der Waals surface area contributed by atoms with Crippen LogP contribution in [0.2, 0.25) is 0 Å². The highest BCUT2D eigenvalue weighted by molar-refractivity contribution is 5.30. The van der Waals surface area contributed by atoms with Gasteiger partial charge < -0.3 is 14.8 Å². The van der Waals surface area contributed by atoms with E-state index in [1.165, 1.54) is 51.5 Å². The summed E-state index contributed by atoms with van der Waals surface area (Å²) >= 11 is 0. The molecule has 112 valence electrons. The number of imidazole rings is 1. The zero-order valence-electron chi connectivity index (χ0n) is 12.9. The summed E-state index contributed by atoms with van der Waals surface area (Å²) in [5, 5.41) is 3.62. The highest BCUT2D eigenvalue weighted by Gasteiger charge is 2.22. The number of likely N-dealkylation sites (N-methyl/N-ethyl adjacent to an activating group) is 1. The molecule has 0 bridgehead atoms. The summed E-state index contributed by atoms with van der Waals surface area (Å²) in [4.78, 5) is 7.19. The van der Waals surface area contributed by atoms with Gasteiger partial charge >= 0.3 is 0 Å². The van der Waals surface area contributed by atoms with E-state index in [-0.39, 0.29) is 0 Å². The zero-order chi connectivity index (χ0) is 13.9. The summed E-state index contributed by atoms with van der Waals surface area (Å²) in [6, 6.07) is 1.33. The number of anilines is 1. The fraction of sp³-hybridized carbons (Fsp3) is 0.812. The lowest BCUT2D eigenvalue weighted by molar-refractivity contribution is 0.194. The number of nitrogens with one attached hydrogen (secondary N) is 1. The molecule has 1 atom stereocenters. The number of aryl methyl sites for hydroxylation is 1. The van der Waals surface area contributed by atoms with Crippen molar-refractivity contribution in [1.29, 1.82) is 0 Å². The number of rotatable bonds is 4. The highest BCUT2D eigenvalue weighted by Crippen LogP contribution is 2.32. The molecule has 4 heteroatoms. The summed E-state index contributed by atoms with van der Waals surface area (Å²) in [6.45, 7) is 4.37. The van der Waals surface area contributed by atoms with Gasteiger partial charge in [0, 0.05) is 24.8 Å². The van der Waals surface area contributed by atoms with Crippen LogP contribution >= 0.6 is 0 Å². The minimum atomic E-state index is 0.665. The van der Waals surface area contributed by atoms with E-state index in [0.29, 0.717) is 12.1 Å². The van der Waals surface area contributed by atoms with Crippen LogP contribution in [0, 0.1) is 6.92 Å². The lowest BCUT2D eigenvalue weighted by Gasteiger charge is -2.32. The van der Waals surface area contributed by atoms with Crippen molar-refractivity contribution in [2.24, 2.45) is 0 Å². The Morgan fingerprint density at radius 2 is 1.95 bits per heavy atom. The Morgan fingerprint density at radius 1 is 1.20 bits per heavy atom. The number of aromatic nitrogens is 2. The van der Waals surface area contributed by atoms with Crippen molar-refractivity contribution in [3.05, 3.63) is 11.9 Å². The molecule has 2 fully saturated rings. The van der Waals surface area contributed by atoms with E-state index in [9.17, 15) is 0 Å². The van der Waals surface area contributed by atoms with Gasteiger partial charge in [0.25, 0.3) is 0 Å². The minimum Gasteiger partial charge on any atom is -0.354 e. The molecule has 3 rings (SSSR count). The first-order chi connectivity index (χ1) is 9.74. The van der Waals surface area contributed by atoms with Crippen LogP contribution in [0.3, 0.4) is 0 Å². The smallest absolute Gasteiger partial charge is 0.203 e. The maximum Gasteiger partial charge on any atom is 0.203 e. The molecule has 0 amide bonds. The normalized spacial score (nSPS) is 25.2.